The van der Waals surface area contributed by atoms with Crippen LogP contribution >= 0.6 is 0 Å². The molecule has 7 aromatic rings. The van der Waals surface area contributed by atoms with E-state index in [1.165, 1.54) is 0 Å². The quantitative estimate of drug-likeness (QED) is 0.355. The van der Waals surface area contributed by atoms with Crippen LogP contribution in [0.4, 0.5) is 0 Å². The first-order valence-corrected chi connectivity index (χ1v) is 10.4. The zero-order valence-electron chi connectivity index (χ0n) is 17.2. The SMILES string of the molecule is c1cc(-c2cc3ncncc3cn2)c2oc3c(-c4cc5ncncc5cn4)cccc3c2c1. The minimum Gasteiger partial charge on any atom is -0.455 e. The van der Waals surface area contributed by atoms with Crippen LogP contribution in [-0.4, -0.2) is 29.9 Å². The van der Waals surface area contributed by atoms with Crippen molar-refractivity contribution in [1.29, 1.82) is 0 Å². The Hall–Kier alpha value is -4.78. The average molecular weight is 426 g/mol. The van der Waals surface area contributed by atoms with Gasteiger partial charge >= 0.3 is 0 Å². The van der Waals surface area contributed by atoms with Crippen LogP contribution in [0.1, 0.15) is 0 Å². The molecule has 7 rings (SSSR count). The van der Waals surface area contributed by atoms with Gasteiger partial charge in [-0.15, -0.1) is 0 Å². The van der Waals surface area contributed by atoms with Gasteiger partial charge in [-0.2, -0.15) is 0 Å². The van der Waals surface area contributed by atoms with Gasteiger partial charge in [-0.05, 0) is 24.3 Å². The molecule has 33 heavy (non-hydrogen) atoms. The molecular weight excluding hydrogens is 412 g/mol. The lowest BCUT2D eigenvalue weighted by molar-refractivity contribution is 0.670. The zero-order valence-corrected chi connectivity index (χ0v) is 17.2. The Morgan fingerprint density at radius 2 is 1.06 bits per heavy atom. The number of aromatic nitrogens is 6. The third-order valence-electron chi connectivity index (χ3n) is 5.85. The highest BCUT2D eigenvalue weighted by Crippen LogP contribution is 2.39. The Bertz CT molecular complexity index is 1710. The van der Waals surface area contributed by atoms with Gasteiger partial charge in [-0.3, -0.25) is 9.97 Å². The number of hydrogen-bond acceptors (Lipinski definition) is 7. The molecule has 5 heterocycles. The molecule has 7 nitrogen and oxygen atoms in total. The number of pyridine rings is 2. The van der Waals surface area contributed by atoms with E-state index in [4.69, 9.17) is 4.42 Å². The summed E-state index contributed by atoms with van der Waals surface area (Å²) >= 11 is 0. The predicted molar refractivity (Wildman–Crippen MR) is 126 cm³/mol. The van der Waals surface area contributed by atoms with Crippen LogP contribution in [0.2, 0.25) is 0 Å². The number of para-hydroxylation sites is 2. The molecule has 0 aliphatic heterocycles. The van der Waals surface area contributed by atoms with Crippen LogP contribution < -0.4 is 0 Å². The van der Waals surface area contributed by atoms with Crippen molar-refractivity contribution in [3.8, 4) is 22.5 Å². The first-order chi connectivity index (χ1) is 16.3. The molecule has 0 fully saturated rings. The fourth-order valence-electron chi connectivity index (χ4n) is 4.27. The third-order valence-corrected chi connectivity index (χ3v) is 5.85. The number of benzene rings is 2. The maximum atomic E-state index is 6.50. The van der Waals surface area contributed by atoms with Gasteiger partial charge in [0.1, 0.15) is 23.8 Å². The highest BCUT2D eigenvalue weighted by Gasteiger charge is 2.17. The zero-order chi connectivity index (χ0) is 21.8. The van der Waals surface area contributed by atoms with E-state index in [1.807, 2.05) is 36.4 Å². The second-order valence-electron chi connectivity index (χ2n) is 7.77. The van der Waals surface area contributed by atoms with E-state index >= 15 is 0 Å². The van der Waals surface area contributed by atoms with Crippen molar-refractivity contribution in [2.24, 2.45) is 0 Å². The predicted octanol–water partition coefficient (Wildman–Crippen LogP) is 5.60. The molecule has 154 valence electrons. The molecule has 5 aromatic heterocycles. The standard InChI is InChI=1S/C26H14N6O/c1-3-17-18-4-2-6-20(24-8-22-16(12-30-24)10-28-14-32-22)26(18)33-25(17)19(5-1)23-7-21-15(11-29-23)9-27-13-31-21/h1-14H. The summed E-state index contributed by atoms with van der Waals surface area (Å²) in [5.41, 5.74) is 6.66. The summed E-state index contributed by atoms with van der Waals surface area (Å²) in [6, 6.07) is 16.1. The first-order valence-electron chi connectivity index (χ1n) is 10.4. The largest absolute Gasteiger partial charge is 0.455 e. The summed E-state index contributed by atoms with van der Waals surface area (Å²) in [7, 11) is 0. The van der Waals surface area contributed by atoms with Crippen molar-refractivity contribution >= 4 is 43.7 Å². The fourth-order valence-corrected chi connectivity index (χ4v) is 4.27. The van der Waals surface area contributed by atoms with Crippen molar-refractivity contribution < 1.29 is 4.42 Å². The number of furan rings is 1. The van der Waals surface area contributed by atoms with E-state index in [9.17, 15) is 0 Å². The normalized spacial score (nSPS) is 11.6. The van der Waals surface area contributed by atoms with Gasteiger partial charge < -0.3 is 4.42 Å². The lowest BCUT2D eigenvalue weighted by atomic mass is 10.0. The molecular formula is C26H14N6O. The number of hydrogen-bond donors (Lipinski definition) is 0. The third kappa shape index (κ3) is 2.76. The molecule has 0 atom stereocenters. The Balaban J connectivity index is 1.48. The monoisotopic (exact) mass is 426 g/mol. The lowest BCUT2D eigenvalue weighted by Crippen LogP contribution is -1.87. The van der Waals surface area contributed by atoms with Gasteiger partial charge in [0.15, 0.2) is 0 Å². The van der Waals surface area contributed by atoms with Gasteiger partial charge in [-0.1, -0.05) is 24.3 Å². The minimum atomic E-state index is 0.781. The van der Waals surface area contributed by atoms with Crippen LogP contribution in [0.15, 0.2) is 90.4 Å². The summed E-state index contributed by atoms with van der Waals surface area (Å²) in [4.78, 5) is 26.2. The minimum absolute atomic E-state index is 0.781. The second-order valence-corrected chi connectivity index (χ2v) is 7.77. The molecule has 0 N–H and O–H groups in total. The van der Waals surface area contributed by atoms with Crippen LogP contribution in [0.25, 0.3) is 66.3 Å². The number of fused-ring (bicyclic) bond motifs is 5. The van der Waals surface area contributed by atoms with Gasteiger partial charge in [0.25, 0.3) is 0 Å². The van der Waals surface area contributed by atoms with Crippen LogP contribution in [0.5, 0.6) is 0 Å². The highest BCUT2D eigenvalue weighted by atomic mass is 16.3. The van der Waals surface area contributed by atoms with Crippen molar-refractivity contribution in [1.82, 2.24) is 29.9 Å². The lowest BCUT2D eigenvalue weighted by Gasteiger charge is -2.03. The summed E-state index contributed by atoms with van der Waals surface area (Å²) in [5.74, 6) is 0. The van der Waals surface area contributed by atoms with Gasteiger partial charge in [0.05, 0.1) is 22.4 Å². The maximum Gasteiger partial charge on any atom is 0.144 e. The van der Waals surface area contributed by atoms with Crippen molar-refractivity contribution in [2.75, 3.05) is 0 Å². The molecule has 0 aliphatic carbocycles. The van der Waals surface area contributed by atoms with Crippen molar-refractivity contribution in [3.63, 3.8) is 0 Å². The Kier molecular flexibility index (Phi) is 3.71. The van der Waals surface area contributed by atoms with Crippen LogP contribution in [0, 0.1) is 0 Å². The van der Waals surface area contributed by atoms with Gasteiger partial charge in [0, 0.05) is 57.5 Å². The summed E-state index contributed by atoms with van der Waals surface area (Å²) in [6.45, 7) is 0. The van der Waals surface area contributed by atoms with E-state index in [0.717, 1.165) is 66.3 Å². The molecule has 0 radical (unpaired) electrons. The smallest absolute Gasteiger partial charge is 0.144 e. The topological polar surface area (TPSA) is 90.5 Å². The molecule has 0 aliphatic rings. The highest BCUT2D eigenvalue weighted by molar-refractivity contribution is 6.13. The summed E-state index contributed by atoms with van der Waals surface area (Å²) in [6.07, 6.45) is 10.2. The van der Waals surface area contributed by atoms with E-state index in [0.29, 0.717) is 0 Å². The molecule has 0 bridgehead atoms. The van der Waals surface area contributed by atoms with E-state index in [-0.39, 0.29) is 0 Å². The molecule has 2 aromatic carbocycles. The van der Waals surface area contributed by atoms with Gasteiger partial charge in [0.2, 0.25) is 0 Å². The van der Waals surface area contributed by atoms with E-state index in [2.05, 4.69) is 42.0 Å². The van der Waals surface area contributed by atoms with E-state index < -0.39 is 0 Å². The molecule has 7 heteroatoms. The Morgan fingerprint density at radius 3 is 1.58 bits per heavy atom. The molecule has 0 amide bonds. The Morgan fingerprint density at radius 1 is 0.545 bits per heavy atom. The molecule has 0 spiro atoms. The van der Waals surface area contributed by atoms with Crippen molar-refractivity contribution in [3.05, 3.63) is 86.0 Å². The summed E-state index contributed by atoms with van der Waals surface area (Å²) < 4.78 is 6.50. The molecule has 0 saturated carbocycles. The maximum absolute atomic E-state index is 6.50. The van der Waals surface area contributed by atoms with Crippen LogP contribution in [-0.2, 0) is 0 Å². The second kappa shape index (κ2) is 6.86. The average Bonchev–Trinajstić information content (AvgIpc) is 3.27. The van der Waals surface area contributed by atoms with E-state index in [1.54, 1.807) is 37.4 Å². The first kappa shape index (κ1) is 17.9. The Labute approximate surface area is 186 Å². The summed E-state index contributed by atoms with van der Waals surface area (Å²) in [5, 5.41) is 3.84. The van der Waals surface area contributed by atoms with Crippen molar-refractivity contribution in [2.45, 2.75) is 0 Å². The molecule has 0 saturated heterocycles. The number of rotatable bonds is 2. The molecule has 0 unspecified atom stereocenters. The van der Waals surface area contributed by atoms with Gasteiger partial charge in [-0.25, -0.2) is 19.9 Å². The fraction of sp³-hybridized carbons (Fsp3) is 0. The van der Waals surface area contributed by atoms with Crippen LogP contribution in [0.3, 0.4) is 0 Å². The number of nitrogens with zero attached hydrogens (tertiary/aromatic N) is 6.